The smallest absolute Gasteiger partial charge is 0.354 e. The number of carbonyl (C=O) groups is 1. The zero-order valence-corrected chi connectivity index (χ0v) is 23.3. The molecule has 0 amide bonds. The maximum absolute atomic E-state index is 12.5. The summed E-state index contributed by atoms with van der Waals surface area (Å²) in [5.74, 6) is 0.0726. The number of benzene rings is 2. The van der Waals surface area contributed by atoms with E-state index in [4.69, 9.17) is 4.74 Å². The van der Waals surface area contributed by atoms with E-state index in [1.807, 2.05) is 13.1 Å². The molecule has 3 aromatic rings. The fraction of sp³-hybridized carbons (Fsp3) is 0.467. The lowest BCUT2D eigenvalue weighted by atomic mass is 9.78. The number of thiazole rings is 1. The van der Waals surface area contributed by atoms with E-state index in [-0.39, 0.29) is 16.8 Å². The van der Waals surface area contributed by atoms with E-state index in [0.717, 1.165) is 10.7 Å². The van der Waals surface area contributed by atoms with Gasteiger partial charge >= 0.3 is 5.97 Å². The van der Waals surface area contributed by atoms with Crippen molar-refractivity contribution < 1.29 is 14.1 Å². The van der Waals surface area contributed by atoms with E-state index in [9.17, 15) is 4.79 Å². The lowest BCUT2D eigenvalue weighted by Gasteiger charge is -2.26. The van der Waals surface area contributed by atoms with Gasteiger partial charge in [0.1, 0.15) is 0 Å². The molecule has 1 aromatic heterocycles. The number of ether oxygens (including phenoxy) is 1. The molecule has 2 aromatic carbocycles. The first-order chi connectivity index (χ1) is 15.7. The van der Waals surface area contributed by atoms with Gasteiger partial charge in [-0.3, -0.25) is 0 Å². The van der Waals surface area contributed by atoms with Crippen molar-refractivity contribution in [3.05, 3.63) is 69.2 Å². The lowest BCUT2D eigenvalue weighted by Crippen LogP contribution is -2.33. The summed E-state index contributed by atoms with van der Waals surface area (Å²) in [6.07, 6.45) is 1.95. The average molecular weight is 479 g/mol. The van der Waals surface area contributed by atoms with Crippen LogP contribution in [0.5, 0.6) is 0 Å². The first-order valence-electron chi connectivity index (χ1n) is 12.2. The van der Waals surface area contributed by atoms with Gasteiger partial charge in [0, 0.05) is 12.5 Å². The van der Waals surface area contributed by atoms with Crippen LogP contribution < -0.4 is 4.57 Å². The molecule has 182 valence electrons. The molecule has 0 aliphatic rings. The molecule has 0 saturated carbocycles. The highest BCUT2D eigenvalue weighted by atomic mass is 32.1. The Morgan fingerprint density at radius 2 is 1.59 bits per heavy atom. The summed E-state index contributed by atoms with van der Waals surface area (Å²) in [6.45, 7) is 22.4. The molecule has 0 radical (unpaired) electrons. The molecule has 0 spiro atoms. The van der Waals surface area contributed by atoms with Crippen LogP contribution in [0.3, 0.4) is 0 Å². The van der Waals surface area contributed by atoms with E-state index in [1.165, 1.54) is 39.2 Å². The Labute approximate surface area is 209 Å². The highest BCUT2D eigenvalue weighted by molar-refractivity contribution is 7.13. The number of carbonyl (C=O) groups excluding carboxylic acids is 1. The van der Waals surface area contributed by atoms with Crippen molar-refractivity contribution in [1.82, 2.24) is 0 Å². The van der Waals surface area contributed by atoms with Gasteiger partial charge in [-0.25, -0.2) is 4.79 Å². The van der Waals surface area contributed by atoms with Crippen LogP contribution in [0.25, 0.3) is 16.8 Å². The third kappa shape index (κ3) is 5.43. The van der Waals surface area contributed by atoms with Gasteiger partial charge in [-0.15, -0.1) is 0 Å². The van der Waals surface area contributed by atoms with Gasteiger partial charge in [0.15, 0.2) is 4.88 Å². The van der Waals surface area contributed by atoms with E-state index >= 15 is 0 Å². The Balaban J connectivity index is 2.35. The summed E-state index contributed by atoms with van der Waals surface area (Å²) >= 11 is 1.48. The van der Waals surface area contributed by atoms with Crippen molar-refractivity contribution in [2.24, 2.45) is 0 Å². The second kappa shape index (κ2) is 9.65. The first kappa shape index (κ1) is 26.2. The lowest BCUT2D eigenvalue weighted by molar-refractivity contribution is -0.596. The van der Waals surface area contributed by atoms with Gasteiger partial charge in [0.2, 0.25) is 16.9 Å². The molecule has 3 nitrogen and oxygen atoms in total. The molecular weight excluding hydrogens is 438 g/mol. The largest absolute Gasteiger partial charge is 0.462 e. The normalized spacial score (nSPS) is 12.3. The van der Waals surface area contributed by atoms with Gasteiger partial charge in [-0.05, 0) is 46.4 Å². The van der Waals surface area contributed by atoms with Crippen molar-refractivity contribution in [3.63, 3.8) is 0 Å². The Morgan fingerprint density at radius 1 is 1.00 bits per heavy atom. The molecule has 1 heterocycles. The number of nitrogens with zero attached hydrogens (tertiary/aromatic N) is 1. The number of hydrogen-bond donors (Lipinski definition) is 0. The molecule has 0 unspecified atom stereocenters. The van der Waals surface area contributed by atoms with Crippen molar-refractivity contribution in [2.45, 2.75) is 86.0 Å². The first-order valence-corrected chi connectivity index (χ1v) is 13.0. The standard InChI is InChI=1S/C30H40NO2S/c1-11-33-28(32)26-18-31(20(4)34-26)27-24(19(2)3)13-12-14-25(27)21-15-22(29(5,6)7)17-23(16-21)30(8,9)10/h12-19H,11H2,1-10H3/q+1. The highest BCUT2D eigenvalue weighted by Gasteiger charge is 2.29. The minimum atomic E-state index is -0.261. The zero-order chi connectivity index (χ0) is 25.4. The summed E-state index contributed by atoms with van der Waals surface area (Å²) in [6, 6.07) is 13.6. The van der Waals surface area contributed by atoms with Crippen LogP contribution in [0.4, 0.5) is 0 Å². The molecule has 0 fully saturated rings. The van der Waals surface area contributed by atoms with Gasteiger partial charge in [-0.1, -0.05) is 97.1 Å². The molecule has 0 bridgehead atoms. The van der Waals surface area contributed by atoms with Crippen molar-refractivity contribution in [3.8, 4) is 16.8 Å². The number of rotatable bonds is 5. The van der Waals surface area contributed by atoms with Crippen molar-refractivity contribution in [2.75, 3.05) is 6.61 Å². The van der Waals surface area contributed by atoms with Crippen molar-refractivity contribution >= 4 is 17.3 Å². The van der Waals surface area contributed by atoms with Crippen LogP contribution in [-0.4, -0.2) is 12.6 Å². The number of aryl methyl sites for hydroxylation is 1. The Bertz CT molecular complexity index is 1160. The summed E-state index contributed by atoms with van der Waals surface area (Å²) in [5, 5.41) is 1.06. The maximum atomic E-state index is 12.5. The Morgan fingerprint density at radius 3 is 2.09 bits per heavy atom. The van der Waals surface area contributed by atoms with Crippen molar-refractivity contribution in [1.29, 1.82) is 0 Å². The van der Waals surface area contributed by atoms with Crippen LogP contribution in [0.2, 0.25) is 0 Å². The summed E-state index contributed by atoms with van der Waals surface area (Å²) in [5.41, 5.74) is 7.53. The summed E-state index contributed by atoms with van der Waals surface area (Å²) in [4.78, 5) is 13.1. The van der Waals surface area contributed by atoms with Crippen LogP contribution in [0, 0.1) is 6.92 Å². The predicted molar refractivity (Wildman–Crippen MR) is 143 cm³/mol. The van der Waals surface area contributed by atoms with Gasteiger partial charge in [0.05, 0.1) is 12.2 Å². The van der Waals surface area contributed by atoms with Gasteiger partial charge in [-0.2, -0.15) is 4.57 Å². The third-order valence-corrected chi connectivity index (χ3v) is 7.21. The van der Waals surface area contributed by atoms with Crippen LogP contribution in [0.1, 0.15) is 99.6 Å². The van der Waals surface area contributed by atoms with Crippen LogP contribution in [-0.2, 0) is 15.6 Å². The molecule has 4 heteroatoms. The Kier molecular flexibility index (Phi) is 7.43. The molecule has 0 aliphatic heterocycles. The molecule has 0 atom stereocenters. The second-order valence-electron chi connectivity index (χ2n) is 11.4. The van der Waals surface area contributed by atoms with E-state index in [0.29, 0.717) is 17.4 Å². The number of hydrogen-bond acceptors (Lipinski definition) is 3. The molecule has 0 saturated heterocycles. The summed E-state index contributed by atoms with van der Waals surface area (Å²) in [7, 11) is 0. The average Bonchev–Trinajstić information content (AvgIpc) is 3.13. The minimum absolute atomic E-state index is 0.0361. The van der Waals surface area contributed by atoms with E-state index in [1.54, 1.807) is 0 Å². The molecule has 0 aliphatic carbocycles. The third-order valence-electron chi connectivity index (χ3n) is 6.23. The quantitative estimate of drug-likeness (QED) is 0.276. The van der Waals surface area contributed by atoms with E-state index in [2.05, 4.69) is 103 Å². The minimum Gasteiger partial charge on any atom is -0.462 e. The monoisotopic (exact) mass is 478 g/mol. The second-order valence-corrected chi connectivity index (χ2v) is 12.6. The van der Waals surface area contributed by atoms with Gasteiger partial charge in [0.25, 0.3) is 0 Å². The Hall–Kier alpha value is -2.46. The maximum Gasteiger partial charge on any atom is 0.354 e. The number of para-hydroxylation sites is 1. The van der Waals surface area contributed by atoms with E-state index < -0.39 is 0 Å². The molecule has 3 rings (SSSR count). The van der Waals surface area contributed by atoms with Crippen LogP contribution >= 0.6 is 11.3 Å². The predicted octanol–water partition coefficient (Wildman–Crippen LogP) is 7.90. The number of aromatic nitrogens is 1. The SMILES string of the molecule is CCOC(=O)c1c[n+](-c2c(-c3cc(C(C)(C)C)cc(C(C)(C)C)c3)cccc2C(C)C)c(C)s1. The molecule has 0 N–H and O–H groups in total. The highest BCUT2D eigenvalue weighted by Crippen LogP contribution is 2.37. The fourth-order valence-electron chi connectivity index (χ4n) is 4.14. The summed E-state index contributed by atoms with van der Waals surface area (Å²) < 4.78 is 7.47. The molecular formula is C30H40NO2S+. The molecule has 34 heavy (non-hydrogen) atoms. The zero-order valence-electron chi connectivity index (χ0n) is 22.5. The number of esters is 1. The van der Waals surface area contributed by atoms with Crippen LogP contribution in [0.15, 0.2) is 42.6 Å². The fourth-order valence-corrected chi connectivity index (χ4v) is 5.00. The topological polar surface area (TPSA) is 30.2 Å². The van der Waals surface area contributed by atoms with Gasteiger partial charge < -0.3 is 4.74 Å².